The molecule has 0 atom stereocenters. The van der Waals surface area contributed by atoms with E-state index in [1.807, 2.05) is 0 Å². The van der Waals surface area contributed by atoms with Crippen molar-refractivity contribution in [1.82, 2.24) is 9.78 Å². The molecule has 0 amide bonds. The number of hydrogen-bond donors (Lipinski definition) is 2. The van der Waals surface area contributed by atoms with Crippen LogP contribution in [-0.4, -0.2) is 32.8 Å². The third kappa shape index (κ3) is 4.04. The Balaban J connectivity index is 1.99. The van der Waals surface area contributed by atoms with E-state index in [1.54, 1.807) is 0 Å². The number of aromatic hydroxyl groups is 1. The first kappa shape index (κ1) is 19.9. The van der Waals surface area contributed by atoms with Gasteiger partial charge in [-0.2, -0.15) is 0 Å². The molecule has 0 saturated heterocycles. The first-order valence-corrected chi connectivity index (χ1v) is 9.26. The van der Waals surface area contributed by atoms with Crippen molar-refractivity contribution in [2.24, 2.45) is 10.2 Å². The summed E-state index contributed by atoms with van der Waals surface area (Å²) in [5.74, 6) is -0.359. The van der Waals surface area contributed by atoms with Gasteiger partial charge in [-0.3, -0.25) is 20.0 Å². The lowest BCUT2D eigenvalue weighted by atomic mass is 10.2. The minimum absolute atomic E-state index is 0.128. The Morgan fingerprint density at radius 2 is 1.79 bits per heavy atom. The van der Waals surface area contributed by atoms with E-state index in [-0.39, 0.29) is 28.5 Å². The first-order valence-electron chi connectivity index (χ1n) is 7.85. The molecule has 13 heteroatoms. The minimum Gasteiger partial charge on any atom is -0.744 e. The Hall–Kier alpha value is -3.84. The van der Waals surface area contributed by atoms with E-state index < -0.39 is 25.5 Å². The second-order valence-electron chi connectivity index (χ2n) is 5.80. The van der Waals surface area contributed by atoms with Crippen LogP contribution in [0, 0.1) is 17.0 Å². The fourth-order valence-electron chi connectivity index (χ4n) is 2.41. The molecule has 3 aromatic rings. The Morgan fingerprint density at radius 1 is 1.14 bits per heavy atom. The summed E-state index contributed by atoms with van der Waals surface area (Å²) in [5.41, 5.74) is -0.746. The highest BCUT2D eigenvalue weighted by Crippen LogP contribution is 2.31. The van der Waals surface area contributed by atoms with Gasteiger partial charge in [-0.1, -0.05) is 0 Å². The van der Waals surface area contributed by atoms with Gasteiger partial charge in [0.2, 0.25) is 0 Å². The van der Waals surface area contributed by atoms with Crippen molar-refractivity contribution in [3.05, 3.63) is 68.6 Å². The number of azo groups is 1. The highest BCUT2D eigenvalue weighted by Gasteiger charge is 2.14. The standard InChI is InChI=1S/C16H13N5O7S/c1-9-15(18-17-13-8-11(21(24)25)4-7-14(13)22)16(23)20(19-9)10-2-5-12(6-3-10)29(26,27)28/h2-8,19,22H,1H3,(H,26,27,28)/p-1. The van der Waals surface area contributed by atoms with Crippen molar-refractivity contribution in [3.8, 4) is 11.4 Å². The molecule has 0 saturated carbocycles. The summed E-state index contributed by atoms with van der Waals surface area (Å²) >= 11 is 0. The van der Waals surface area contributed by atoms with Crippen molar-refractivity contribution in [2.75, 3.05) is 0 Å². The molecule has 1 aromatic heterocycles. The summed E-state index contributed by atoms with van der Waals surface area (Å²) in [6, 6.07) is 7.81. The fourth-order valence-corrected chi connectivity index (χ4v) is 2.88. The van der Waals surface area contributed by atoms with E-state index in [0.29, 0.717) is 5.69 Å². The second-order valence-corrected chi connectivity index (χ2v) is 7.18. The van der Waals surface area contributed by atoms with Crippen molar-refractivity contribution < 1.29 is 23.0 Å². The highest BCUT2D eigenvalue weighted by molar-refractivity contribution is 7.85. The lowest BCUT2D eigenvalue weighted by Gasteiger charge is -2.07. The number of aromatic nitrogens is 2. The maximum absolute atomic E-state index is 12.6. The van der Waals surface area contributed by atoms with Crippen LogP contribution in [0.4, 0.5) is 17.1 Å². The van der Waals surface area contributed by atoms with Gasteiger partial charge in [0.1, 0.15) is 21.6 Å². The average Bonchev–Trinajstić information content (AvgIpc) is 2.94. The number of non-ortho nitro benzene ring substituents is 1. The summed E-state index contributed by atoms with van der Waals surface area (Å²) < 4.78 is 34.0. The first-order chi connectivity index (χ1) is 13.6. The molecule has 2 N–H and O–H groups in total. The Kier molecular flexibility index (Phi) is 5.01. The predicted octanol–water partition coefficient (Wildman–Crippen LogP) is 2.41. The molecule has 0 aliphatic carbocycles. The molecule has 150 valence electrons. The minimum atomic E-state index is -4.62. The van der Waals surface area contributed by atoms with E-state index >= 15 is 0 Å². The number of benzene rings is 2. The largest absolute Gasteiger partial charge is 0.744 e. The quantitative estimate of drug-likeness (QED) is 0.276. The number of H-pyrrole nitrogens is 1. The molecule has 3 rings (SSSR count). The van der Waals surface area contributed by atoms with E-state index in [1.165, 1.54) is 19.1 Å². The van der Waals surface area contributed by atoms with Gasteiger partial charge in [0.15, 0.2) is 5.69 Å². The number of hydrogen-bond acceptors (Lipinski definition) is 9. The fraction of sp³-hybridized carbons (Fsp3) is 0.0625. The molecular formula is C16H12N5O7S-. The summed E-state index contributed by atoms with van der Waals surface area (Å²) in [7, 11) is -4.62. The lowest BCUT2D eigenvalue weighted by molar-refractivity contribution is -0.384. The zero-order valence-electron chi connectivity index (χ0n) is 14.6. The lowest BCUT2D eigenvalue weighted by Crippen LogP contribution is -2.14. The molecule has 29 heavy (non-hydrogen) atoms. The molecule has 0 unspecified atom stereocenters. The van der Waals surface area contributed by atoms with Gasteiger partial charge in [0.05, 0.1) is 21.2 Å². The number of nitrogens with one attached hydrogen (secondary N) is 1. The van der Waals surface area contributed by atoms with Gasteiger partial charge in [0.25, 0.3) is 11.2 Å². The van der Waals surface area contributed by atoms with Gasteiger partial charge in [0, 0.05) is 12.1 Å². The normalized spacial score (nSPS) is 11.8. The van der Waals surface area contributed by atoms with Crippen LogP contribution < -0.4 is 5.56 Å². The van der Waals surface area contributed by atoms with Crippen molar-refractivity contribution in [3.63, 3.8) is 0 Å². The Morgan fingerprint density at radius 3 is 2.38 bits per heavy atom. The molecule has 0 spiro atoms. The van der Waals surface area contributed by atoms with E-state index in [4.69, 9.17) is 0 Å². The summed E-state index contributed by atoms with van der Waals surface area (Å²) in [4.78, 5) is 22.3. The van der Waals surface area contributed by atoms with Crippen LogP contribution in [0.25, 0.3) is 5.69 Å². The second kappa shape index (κ2) is 7.29. The molecule has 2 aromatic carbocycles. The number of phenolic OH excluding ortho intramolecular Hbond substituents is 1. The van der Waals surface area contributed by atoms with Crippen molar-refractivity contribution in [2.45, 2.75) is 11.8 Å². The van der Waals surface area contributed by atoms with Gasteiger partial charge in [-0.05, 0) is 37.3 Å². The molecule has 0 bridgehead atoms. The summed E-state index contributed by atoms with van der Waals surface area (Å²) in [5, 5.41) is 30.8. The molecule has 0 aliphatic rings. The topological polar surface area (TPSA) is 183 Å². The third-order valence-corrected chi connectivity index (χ3v) is 4.70. The van der Waals surface area contributed by atoms with Crippen molar-refractivity contribution in [1.29, 1.82) is 0 Å². The van der Waals surface area contributed by atoms with Crippen LogP contribution in [0.5, 0.6) is 5.75 Å². The van der Waals surface area contributed by atoms with Gasteiger partial charge in [-0.25, -0.2) is 13.1 Å². The number of nitrogens with zero attached hydrogens (tertiary/aromatic N) is 4. The van der Waals surface area contributed by atoms with Gasteiger partial charge >= 0.3 is 0 Å². The highest BCUT2D eigenvalue weighted by atomic mass is 32.2. The summed E-state index contributed by atoms with van der Waals surface area (Å²) in [6.07, 6.45) is 0. The van der Waals surface area contributed by atoms with Crippen molar-refractivity contribution >= 4 is 27.2 Å². The predicted molar refractivity (Wildman–Crippen MR) is 98.0 cm³/mol. The zero-order valence-corrected chi connectivity index (χ0v) is 15.5. The molecule has 0 fully saturated rings. The number of nitro groups is 1. The average molecular weight is 418 g/mol. The van der Waals surface area contributed by atoms with Crippen LogP contribution in [0.1, 0.15) is 5.69 Å². The number of nitro benzene ring substituents is 1. The Bertz CT molecular complexity index is 1290. The van der Waals surface area contributed by atoms with E-state index in [2.05, 4.69) is 15.3 Å². The van der Waals surface area contributed by atoms with E-state index in [9.17, 15) is 33.0 Å². The molecular weight excluding hydrogens is 406 g/mol. The van der Waals surface area contributed by atoms with Gasteiger partial charge < -0.3 is 9.66 Å². The van der Waals surface area contributed by atoms with Gasteiger partial charge in [-0.15, -0.1) is 10.2 Å². The van der Waals surface area contributed by atoms with E-state index in [0.717, 1.165) is 35.0 Å². The molecule has 12 nitrogen and oxygen atoms in total. The number of rotatable bonds is 5. The maximum atomic E-state index is 12.6. The SMILES string of the molecule is Cc1[nH]n(-c2ccc(S(=O)(=O)[O-])cc2)c(=O)c1N=Nc1cc([N+](=O)[O-])ccc1O. The number of aryl methyl sites for hydroxylation is 1. The number of phenols is 1. The Labute approximate surface area is 162 Å². The molecule has 0 aliphatic heterocycles. The van der Waals surface area contributed by atoms with Crippen LogP contribution in [0.2, 0.25) is 0 Å². The molecule has 1 heterocycles. The summed E-state index contributed by atoms with van der Waals surface area (Å²) in [6.45, 7) is 1.52. The third-order valence-electron chi connectivity index (χ3n) is 3.85. The van der Waals surface area contributed by atoms with Crippen LogP contribution >= 0.6 is 0 Å². The van der Waals surface area contributed by atoms with Crippen LogP contribution in [0.3, 0.4) is 0 Å². The van der Waals surface area contributed by atoms with Crippen LogP contribution in [-0.2, 0) is 10.1 Å². The van der Waals surface area contributed by atoms with Crippen LogP contribution in [0.15, 0.2) is 62.4 Å². The monoisotopic (exact) mass is 418 g/mol. The smallest absolute Gasteiger partial charge is 0.299 e. The zero-order chi connectivity index (χ0) is 21.3. The molecule has 0 radical (unpaired) electrons. The number of aromatic amines is 1. The maximum Gasteiger partial charge on any atom is 0.299 e.